The molecule has 4 heteroatoms. The Bertz CT molecular complexity index is 293. The molecule has 0 amide bonds. The van der Waals surface area contributed by atoms with Crippen LogP contribution in [0.1, 0.15) is 12.0 Å². The molecule has 0 unspecified atom stereocenters. The van der Waals surface area contributed by atoms with Crippen molar-refractivity contribution in [3.8, 4) is 0 Å². The molecule has 0 saturated heterocycles. The van der Waals surface area contributed by atoms with Crippen LogP contribution in [0.4, 0.5) is 0 Å². The molecule has 14 heavy (non-hydrogen) atoms. The molecule has 0 aromatic heterocycles. The summed E-state index contributed by atoms with van der Waals surface area (Å²) in [5.74, 6) is 0. The second-order valence-electron chi connectivity index (χ2n) is 2.99. The minimum atomic E-state index is 0.223. The number of rotatable bonds is 5. The summed E-state index contributed by atoms with van der Waals surface area (Å²) in [6.45, 7) is 1.77. The van der Waals surface area contributed by atoms with Crippen molar-refractivity contribution in [3.63, 3.8) is 0 Å². The predicted octanol–water partition coefficient (Wildman–Crippen LogP) is 2.57. The maximum atomic E-state index is 8.58. The molecule has 78 valence electrons. The number of benzene rings is 1. The zero-order chi connectivity index (χ0) is 10.4. The third kappa shape index (κ3) is 3.96. The Morgan fingerprint density at radius 3 is 2.86 bits per heavy atom. The first-order chi connectivity index (χ1) is 6.74. The summed E-state index contributed by atoms with van der Waals surface area (Å²) in [5, 5.41) is 12.5. The fourth-order valence-electron chi connectivity index (χ4n) is 1.09. The molecule has 0 aliphatic rings. The van der Waals surface area contributed by atoms with E-state index < -0.39 is 0 Å². The number of nitrogens with one attached hydrogen (secondary N) is 1. The van der Waals surface area contributed by atoms with E-state index in [-0.39, 0.29) is 6.61 Å². The Morgan fingerprint density at radius 2 is 2.21 bits per heavy atom. The highest BCUT2D eigenvalue weighted by atomic mass is 79.9. The van der Waals surface area contributed by atoms with Crippen molar-refractivity contribution in [2.75, 3.05) is 13.2 Å². The lowest BCUT2D eigenvalue weighted by Gasteiger charge is -2.06. The van der Waals surface area contributed by atoms with Crippen LogP contribution in [0.15, 0.2) is 22.7 Å². The van der Waals surface area contributed by atoms with Crippen LogP contribution < -0.4 is 5.32 Å². The van der Waals surface area contributed by atoms with E-state index in [0.717, 1.165) is 34.6 Å². The van der Waals surface area contributed by atoms with E-state index in [9.17, 15) is 0 Å². The first-order valence-corrected chi connectivity index (χ1v) is 5.66. The van der Waals surface area contributed by atoms with Gasteiger partial charge in [-0.15, -0.1) is 0 Å². The third-order valence-electron chi connectivity index (χ3n) is 1.84. The highest BCUT2D eigenvalue weighted by Crippen LogP contribution is 2.20. The Balaban J connectivity index is 2.42. The third-order valence-corrected chi connectivity index (χ3v) is 2.69. The van der Waals surface area contributed by atoms with Gasteiger partial charge in [0.2, 0.25) is 0 Å². The first-order valence-electron chi connectivity index (χ1n) is 4.49. The second kappa shape index (κ2) is 6.40. The Hall–Kier alpha value is -0.0900. The Labute approximate surface area is 97.4 Å². The second-order valence-corrected chi connectivity index (χ2v) is 4.31. The van der Waals surface area contributed by atoms with Gasteiger partial charge in [0.05, 0.1) is 0 Å². The predicted molar refractivity (Wildman–Crippen MR) is 62.6 cm³/mol. The molecule has 1 aromatic rings. The molecule has 0 saturated carbocycles. The molecule has 2 nitrogen and oxygen atoms in total. The molecule has 0 spiro atoms. The smallest absolute Gasteiger partial charge is 0.0462 e. The van der Waals surface area contributed by atoms with Crippen LogP contribution in [-0.2, 0) is 6.54 Å². The molecule has 0 aliphatic heterocycles. The molecule has 0 fully saturated rings. The van der Waals surface area contributed by atoms with E-state index >= 15 is 0 Å². The van der Waals surface area contributed by atoms with Crippen LogP contribution in [0.2, 0.25) is 5.02 Å². The molecule has 2 N–H and O–H groups in total. The van der Waals surface area contributed by atoms with Crippen LogP contribution in [0, 0.1) is 0 Å². The van der Waals surface area contributed by atoms with Crippen molar-refractivity contribution in [2.45, 2.75) is 13.0 Å². The summed E-state index contributed by atoms with van der Waals surface area (Å²) in [6, 6.07) is 5.83. The van der Waals surface area contributed by atoms with E-state index in [1.165, 1.54) is 0 Å². The minimum absolute atomic E-state index is 0.223. The van der Waals surface area contributed by atoms with Crippen LogP contribution in [0.3, 0.4) is 0 Å². The van der Waals surface area contributed by atoms with E-state index in [1.807, 2.05) is 18.2 Å². The van der Waals surface area contributed by atoms with Crippen molar-refractivity contribution in [1.29, 1.82) is 0 Å². The van der Waals surface area contributed by atoms with E-state index in [0.29, 0.717) is 0 Å². The van der Waals surface area contributed by atoms with E-state index in [4.69, 9.17) is 16.7 Å². The first kappa shape index (κ1) is 12.0. The lowest BCUT2D eigenvalue weighted by atomic mass is 10.2. The van der Waals surface area contributed by atoms with Crippen molar-refractivity contribution in [1.82, 2.24) is 5.32 Å². The molecule has 0 atom stereocenters. The van der Waals surface area contributed by atoms with Gasteiger partial charge < -0.3 is 10.4 Å². The fraction of sp³-hybridized carbons (Fsp3) is 0.400. The standard InChI is InChI=1S/C10H13BrClNO/c11-9-3-2-8(10(12)6-9)7-13-4-1-5-14/h2-3,6,13-14H,1,4-5,7H2. The van der Waals surface area contributed by atoms with E-state index in [1.54, 1.807) is 0 Å². The maximum Gasteiger partial charge on any atom is 0.0462 e. The normalized spacial score (nSPS) is 10.5. The number of hydrogen-bond donors (Lipinski definition) is 2. The Kier molecular flexibility index (Phi) is 5.48. The average molecular weight is 279 g/mol. The number of hydrogen-bond acceptors (Lipinski definition) is 2. The molecule has 0 aliphatic carbocycles. The topological polar surface area (TPSA) is 32.3 Å². The molecule has 0 bridgehead atoms. The van der Waals surface area contributed by atoms with Gasteiger partial charge in [0.1, 0.15) is 0 Å². The summed E-state index contributed by atoms with van der Waals surface area (Å²) in [5.41, 5.74) is 1.08. The zero-order valence-electron chi connectivity index (χ0n) is 7.76. The monoisotopic (exact) mass is 277 g/mol. The van der Waals surface area contributed by atoms with Crippen LogP contribution in [-0.4, -0.2) is 18.3 Å². The minimum Gasteiger partial charge on any atom is -0.396 e. The van der Waals surface area contributed by atoms with Gasteiger partial charge in [-0.3, -0.25) is 0 Å². The molecular formula is C10H13BrClNO. The Morgan fingerprint density at radius 1 is 1.43 bits per heavy atom. The van der Waals surface area contributed by atoms with Gasteiger partial charge >= 0.3 is 0 Å². The SMILES string of the molecule is OCCCNCc1ccc(Br)cc1Cl. The van der Waals surface area contributed by atoms with Gasteiger partial charge in [0.25, 0.3) is 0 Å². The summed E-state index contributed by atoms with van der Waals surface area (Å²) in [4.78, 5) is 0. The van der Waals surface area contributed by atoms with Crippen molar-refractivity contribution < 1.29 is 5.11 Å². The highest BCUT2D eigenvalue weighted by molar-refractivity contribution is 9.10. The van der Waals surface area contributed by atoms with Crippen molar-refractivity contribution in [3.05, 3.63) is 33.3 Å². The van der Waals surface area contributed by atoms with Gasteiger partial charge in [-0.25, -0.2) is 0 Å². The van der Waals surface area contributed by atoms with Gasteiger partial charge in [0.15, 0.2) is 0 Å². The average Bonchev–Trinajstić information content (AvgIpc) is 2.15. The van der Waals surface area contributed by atoms with Gasteiger partial charge in [0, 0.05) is 22.6 Å². The summed E-state index contributed by atoms with van der Waals surface area (Å²) < 4.78 is 0.988. The molecule has 1 rings (SSSR count). The van der Waals surface area contributed by atoms with E-state index in [2.05, 4.69) is 21.2 Å². The largest absolute Gasteiger partial charge is 0.396 e. The molecule has 0 heterocycles. The maximum absolute atomic E-state index is 8.58. The number of aliphatic hydroxyl groups excluding tert-OH is 1. The molecule has 0 radical (unpaired) electrons. The fourth-order valence-corrected chi connectivity index (χ4v) is 1.83. The highest BCUT2D eigenvalue weighted by Gasteiger charge is 1.99. The summed E-state index contributed by atoms with van der Waals surface area (Å²) in [6.07, 6.45) is 0.772. The van der Waals surface area contributed by atoms with Gasteiger partial charge in [-0.1, -0.05) is 33.6 Å². The quantitative estimate of drug-likeness (QED) is 0.812. The van der Waals surface area contributed by atoms with Crippen molar-refractivity contribution >= 4 is 27.5 Å². The molecular weight excluding hydrogens is 265 g/mol. The lowest BCUT2D eigenvalue weighted by molar-refractivity contribution is 0.286. The van der Waals surface area contributed by atoms with Crippen LogP contribution >= 0.6 is 27.5 Å². The van der Waals surface area contributed by atoms with Gasteiger partial charge in [-0.2, -0.15) is 0 Å². The summed E-state index contributed by atoms with van der Waals surface area (Å²) >= 11 is 9.37. The van der Waals surface area contributed by atoms with Crippen molar-refractivity contribution in [2.24, 2.45) is 0 Å². The number of aliphatic hydroxyl groups is 1. The summed E-state index contributed by atoms with van der Waals surface area (Å²) in [7, 11) is 0. The van der Waals surface area contributed by atoms with Gasteiger partial charge in [-0.05, 0) is 30.7 Å². The van der Waals surface area contributed by atoms with Crippen LogP contribution in [0.5, 0.6) is 0 Å². The number of halogens is 2. The molecule has 1 aromatic carbocycles. The lowest BCUT2D eigenvalue weighted by Crippen LogP contribution is -2.15. The zero-order valence-corrected chi connectivity index (χ0v) is 10.1. The van der Waals surface area contributed by atoms with Crippen LogP contribution in [0.25, 0.3) is 0 Å².